The highest BCUT2D eigenvalue weighted by Gasteiger charge is 2.30. The molecule has 4 nitrogen and oxygen atoms in total. The van der Waals surface area contributed by atoms with Crippen LogP contribution in [0.3, 0.4) is 0 Å². The number of ether oxygens (including phenoxy) is 2. The van der Waals surface area contributed by atoms with Gasteiger partial charge in [0.25, 0.3) is 0 Å². The van der Waals surface area contributed by atoms with Gasteiger partial charge in [-0.2, -0.15) is 0 Å². The molecule has 0 radical (unpaired) electrons. The molecule has 0 spiro atoms. The molecule has 1 N–H and O–H groups in total. The maximum atomic E-state index is 12.1. The van der Waals surface area contributed by atoms with Crippen LogP contribution in [0.2, 0.25) is 0 Å². The van der Waals surface area contributed by atoms with Gasteiger partial charge in [-0.25, -0.2) is 4.79 Å². The smallest absolute Gasteiger partial charge is 0.338 e. The van der Waals surface area contributed by atoms with Gasteiger partial charge in [-0.15, -0.1) is 0 Å². The highest BCUT2D eigenvalue weighted by molar-refractivity contribution is 5.89. The van der Waals surface area contributed by atoms with Crippen molar-refractivity contribution in [1.29, 1.82) is 0 Å². The average Bonchev–Trinajstić information content (AvgIpc) is 2.95. The number of rotatable bonds is 10. The molecule has 0 unspecified atom stereocenters. The predicted molar refractivity (Wildman–Crippen MR) is 190 cm³/mol. The molecule has 0 aromatic heterocycles. The topological polar surface area (TPSA) is 47.6 Å². The van der Waals surface area contributed by atoms with Crippen molar-refractivity contribution in [3.63, 3.8) is 0 Å². The summed E-state index contributed by atoms with van der Waals surface area (Å²) in [6.45, 7) is 26.4. The Morgan fingerprint density at radius 1 is 0.911 bits per heavy atom. The lowest BCUT2D eigenvalue weighted by atomic mass is 9.71. The lowest BCUT2D eigenvalue weighted by Crippen LogP contribution is -2.23. The summed E-state index contributed by atoms with van der Waals surface area (Å²) in [5.41, 5.74) is 10.9. The largest absolute Gasteiger partial charge is 0.489 e. The van der Waals surface area contributed by atoms with Crippen LogP contribution in [0, 0.1) is 5.92 Å². The Bertz CT molecular complexity index is 1500. The number of esters is 1. The van der Waals surface area contributed by atoms with Crippen molar-refractivity contribution >= 4 is 17.2 Å². The third-order valence-electron chi connectivity index (χ3n) is 8.93. The second kappa shape index (κ2) is 13.4. The van der Waals surface area contributed by atoms with E-state index in [4.69, 9.17) is 9.47 Å². The first-order chi connectivity index (χ1) is 21.0. The molecular weight excluding hydrogens is 554 g/mol. The van der Waals surface area contributed by atoms with Gasteiger partial charge in [0, 0.05) is 12.2 Å². The third kappa shape index (κ3) is 8.39. The number of anilines is 1. The van der Waals surface area contributed by atoms with Crippen LogP contribution in [-0.2, 0) is 34.0 Å². The van der Waals surface area contributed by atoms with Crippen LogP contribution in [0.1, 0.15) is 126 Å². The Hall–Kier alpha value is -3.53. The van der Waals surface area contributed by atoms with Gasteiger partial charge in [0.1, 0.15) is 12.4 Å². The minimum absolute atomic E-state index is 0.0365. The number of benzene rings is 3. The van der Waals surface area contributed by atoms with E-state index in [-0.39, 0.29) is 22.2 Å². The zero-order chi connectivity index (χ0) is 33.2. The number of hydrogen-bond donors (Lipinski definition) is 1. The molecule has 1 aliphatic carbocycles. The molecule has 0 heterocycles. The summed E-state index contributed by atoms with van der Waals surface area (Å²) in [4.78, 5) is 12.1. The Morgan fingerprint density at radius 3 is 2.09 bits per heavy atom. The summed E-state index contributed by atoms with van der Waals surface area (Å²) in [5, 5.41) is 3.55. The van der Waals surface area contributed by atoms with Gasteiger partial charge < -0.3 is 14.8 Å². The van der Waals surface area contributed by atoms with Crippen LogP contribution in [0.15, 0.2) is 60.7 Å². The normalized spacial score (nSPS) is 14.5. The van der Waals surface area contributed by atoms with Crippen LogP contribution in [0.4, 0.5) is 5.69 Å². The Labute approximate surface area is 272 Å². The van der Waals surface area contributed by atoms with E-state index < -0.39 is 0 Å². The molecule has 0 fully saturated rings. The first-order valence-electron chi connectivity index (χ1n) is 16.7. The van der Waals surface area contributed by atoms with Crippen molar-refractivity contribution in [2.75, 3.05) is 18.5 Å². The quantitative estimate of drug-likeness (QED) is 0.232. The van der Waals surface area contributed by atoms with Gasteiger partial charge in [0.2, 0.25) is 0 Å². The minimum Gasteiger partial charge on any atom is -0.489 e. The number of nitrogens with one attached hydrogen (secondary N) is 1. The van der Waals surface area contributed by atoms with Gasteiger partial charge in [0.15, 0.2) is 0 Å². The minimum atomic E-state index is -0.292. The first-order valence-corrected chi connectivity index (χ1v) is 16.7. The maximum absolute atomic E-state index is 12.1. The highest BCUT2D eigenvalue weighted by Crippen LogP contribution is 2.44. The molecule has 242 valence electrons. The van der Waals surface area contributed by atoms with Crippen LogP contribution in [-0.4, -0.2) is 19.1 Å². The van der Waals surface area contributed by atoms with Crippen molar-refractivity contribution in [2.45, 2.75) is 112 Å². The van der Waals surface area contributed by atoms with E-state index in [1.165, 1.54) is 39.0 Å². The number of carbonyl (C=O) groups is 1. The van der Waals surface area contributed by atoms with Crippen molar-refractivity contribution in [3.05, 3.63) is 99.6 Å². The molecule has 1 aliphatic rings. The van der Waals surface area contributed by atoms with Crippen LogP contribution in [0.25, 0.3) is 5.57 Å². The fourth-order valence-electron chi connectivity index (χ4n) is 5.97. The van der Waals surface area contributed by atoms with Gasteiger partial charge in [-0.05, 0) is 117 Å². The Balaban J connectivity index is 1.65. The van der Waals surface area contributed by atoms with Crippen LogP contribution < -0.4 is 10.1 Å². The molecule has 4 rings (SSSR count). The van der Waals surface area contributed by atoms with Crippen molar-refractivity contribution in [1.82, 2.24) is 0 Å². The molecule has 0 saturated heterocycles. The van der Waals surface area contributed by atoms with E-state index in [1.54, 1.807) is 0 Å². The summed E-state index contributed by atoms with van der Waals surface area (Å²) in [7, 11) is 0. The summed E-state index contributed by atoms with van der Waals surface area (Å²) >= 11 is 0. The highest BCUT2D eigenvalue weighted by atomic mass is 16.5. The molecule has 3 aromatic carbocycles. The summed E-state index contributed by atoms with van der Waals surface area (Å²) in [6, 6.07) is 19.2. The number of fused-ring (bicyclic) bond motifs is 1. The standard InChI is InChI=1S/C41H55NO3/c1-12-44-38(43)29-13-15-33(16-14-29)42-20-18-30-23-35-34(27(2)3)17-19-41(10,11)36(35)25-37(30)45-26-28-21-31(39(4,5)6)24-32(22-28)40(7,8)9/h13-17,21-25,27,42H,12,18-20,26H2,1-11H3. The fourth-order valence-corrected chi connectivity index (χ4v) is 5.97. The fraction of sp³-hybridized carbons (Fsp3) is 0.488. The van der Waals surface area contributed by atoms with E-state index in [1.807, 2.05) is 31.2 Å². The Morgan fingerprint density at radius 2 is 1.53 bits per heavy atom. The van der Waals surface area contributed by atoms with Gasteiger partial charge in [-0.3, -0.25) is 0 Å². The molecule has 0 atom stereocenters. The molecule has 0 saturated carbocycles. The monoisotopic (exact) mass is 609 g/mol. The summed E-state index contributed by atoms with van der Waals surface area (Å²) < 4.78 is 11.9. The lowest BCUT2D eigenvalue weighted by molar-refractivity contribution is 0.0526. The number of carbonyl (C=O) groups excluding carboxylic acids is 1. The molecule has 0 amide bonds. The Kier molecular flexibility index (Phi) is 10.3. The summed E-state index contributed by atoms with van der Waals surface area (Å²) in [6.07, 6.45) is 4.27. The van der Waals surface area contributed by atoms with Gasteiger partial charge in [0.05, 0.1) is 12.2 Å². The average molecular weight is 610 g/mol. The zero-order valence-corrected chi connectivity index (χ0v) is 29.6. The molecule has 45 heavy (non-hydrogen) atoms. The van der Waals surface area contributed by atoms with Crippen molar-refractivity contribution in [2.24, 2.45) is 5.92 Å². The molecule has 0 bridgehead atoms. The van der Waals surface area contributed by atoms with E-state index in [9.17, 15) is 4.79 Å². The second-order valence-corrected chi connectivity index (χ2v) is 15.6. The van der Waals surface area contributed by atoms with Crippen LogP contribution >= 0.6 is 0 Å². The molecule has 3 aromatic rings. The van der Waals surface area contributed by atoms with E-state index in [0.29, 0.717) is 24.7 Å². The number of hydrogen-bond acceptors (Lipinski definition) is 4. The predicted octanol–water partition coefficient (Wildman–Crippen LogP) is 10.4. The third-order valence-corrected chi connectivity index (χ3v) is 8.93. The van der Waals surface area contributed by atoms with Crippen molar-refractivity contribution in [3.8, 4) is 5.75 Å². The summed E-state index contributed by atoms with van der Waals surface area (Å²) in [5.74, 6) is 1.12. The second-order valence-electron chi connectivity index (χ2n) is 15.6. The number of allylic oxidation sites excluding steroid dienone is 2. The molecule has 0 aliphatic heterocycles. The van der Waals surface area contributed by atoms with E-state index in [2.05, 4.69) is 111 Å². The zero-order valence-electron chi connectivity index (χ0n) is 29.6. The molecule has 4 heteroatoms. The maximum Gasteiger partial charge on any atom is 0.338 e. The molecular formula is C41H55NO3. The first kappa shape index (κ1) is 34.3. The van der Waals surface area contributed by atoms with Gasteiger partial charge in [-0.1, -0.05) is 93.5 Å². The van der Waals surface area contributed by atoms with E-state index >= 15 is 0 Å². The van der Waals surface area contributed by atoms with Crippen LogP contribution in [0.5, 0.6) is 5.75 Å². The lowest BCUT2D eigenvalue weighted by Gasteiger charge is -2.34. The van der Waals surface area contributed by atoms with Gasteiger partial charge >= 0.3 is 5.97 Å². The van der Waals surface area contributed by atoms with Crippen molar-refractivity contribution < 1.29 is 14.3 Å². The SMILES string of the molecule is CCOC(=O)c1ccc(NCCc2cc3c(cc2OCc2cc(C(C)(C)C)cc(C(C)(C)C)c2)C(C)(C)CC=C3C(C)C)cc1. The van der Waals surface area contributed by atoms with E-state index in [0.717, 1.165) is 30.8 Å².